The summed E-state index contributed by atoms with van der Waals surface area (Å²) < 4.78 is 13.2. The van der Waals surface area contributed by atoms with E-state index < -0.39 is 11.7 Å². The monoisotopic (exact) mass is 390 g/mol. The van der Waals surface area contributed by atoms with Crippen molar-refractivity contribution in [1.29, 1.82) is 0 Å². The van der Waals surface area contributed by atoms with Crippen LogP contribution in [0.25, 0.3) is 11.0 Å². The number of halogens is 1. The first-order valence-corrected chi connectivity index (χ1v) is 9.65. The van der Waals surface area contributed by atoms with E-state index in [1.54, 1.807) is 0 Å². The molecular weight excluding hydrogens is 371 g/mol. The third-order valence-electron chi connectivity index (χ3n) is 5.62. The summed E-state index contributed by atoms with van der Waals surface area (Å²) in [4.78, 5) is 36.4. The van der Waals surface area contributed by atoms with E-state index in [4.69, 9.17) is 4.98 Å². The zero-order valence-electron chi connectivity index (χ0n) is 15.6. The molecule has 0 atom stereocenters. The third kappa shape index (κ3) is 3.08. The number of aromatic nitrogens is 2. The minimum Gasteiger partial charge on any atom is -0.367 e. The van der Waals surface area contributed by atoms with Gasteiger partial charge in [-0.2, -0.15) is 0 Å². The molecule has 2 aliphatic heterocycles. The van der Waals surface area contributed by atoms with Gasteiger partial charge in [0, 0.05) is 25.1 Å². The van der Waals surface area contributed by atoms with Crippen molar-refractivity contribution >= 4 is 28.5 Å². The molecule has 0 spiro atoms. The summed E-state index contributed by atoms with van der Waals surface area (Å²) in [7, 11) is 0. The minimum absolute atomic E-state index is 0.291. The lowest BCUT2D eigenvalue weighted by Gasteiger charge is -2.33. The highest BCUT2D eigenvalue weighted by molar-refractivity contribution is 6.30. The molecule has 1 aromatic heterocycles. The van der Waals surface area contributed by atoms with Crippen LogP contribution in [0.1, 0.15) is 24.6 Å². The number of likely N-dealkylation sites (tertiary alicyclic amines) is 1. The second kappa shape index (κ2) is 6.84. The molecule has 3 aromatic rings. The van der Waals surface area contributed by atoms with Gasteiger partial charge >= 0.3 is 0 Å². The van der Waals surface area contributed by atoms with Gasteiger partial charge in [-0.15, -0.1) is 0 Å². The van der Waals surface area contributed by atoms with Gasteiger partial charge in [-0.25, -0.2) is 14.3 Å². The van der Waals surface area contributed by atoms with E-state index in [9.17, 15) is 14.0 Å². The number of piperidine rings is 1. The number of hydrogen-bond acceptors (Lipinski definition) is 4. The average Bonchev–Trinajstić information content (AvgIpc) is 3.30. The van der Waals surface area contributed by atoms with Gasteiger partial charge in [-0.3, -0.25) is 9.59 Å². The van der Waals surface area contributed by atoms with E-state index in [1.165, 1.54) is 30.3 Å². The van der Waals surface area contributed by atoms with Crippen LogP contribution in [0.15, 0.2) is 60.3 Å². The standard InChI is InChI=1S/C22H19FN4O2/c23-15-5-7-16(8-6-15)27-20(28)13-19(22(27)29)26-11-9-14(10-12-26)21-24-17-3-1-2-4-18(17)25-21/h1-8,13-14H,9-12H2,(H,24,25). The van der Waals surface area contributed by atoms with Crippen LogP contribution < -0.4 is 4.90 Å². The van der Waals surface area contributed by atoms with E-state index in [0.717, 1.165) is 34.6 Å². The first-order valence-electron chi connectivity index (χ1n) is 9.65. The molecule has 0 aliphatic carbocycles. The lowest BCUT2D eigenvalue weighted by Crippen LogP contribution is -2.38. The number of anilines is 1. The molecule has 2 aromatic carbocycles. The minimum atomic E-state index is -0.409. The Kier molecular flexibility index (Phi) is 4.16. The Morgan fingerprint density at radius 3 is 2.45 bits per heavy atom. The van der Waals surface area contributed by atoms with Crippen molar-refractivity contribution in [2.75, 3.05) is 18.0 Å². The van der Waals surface area contributed by atoms with Crippen LogP contribution in [0.2, 0.25) is 0 Å². The Hall–Kier alpha value is -3.48. The van der Waals surface area contributed by atoms with Crippen LogP contribution in [0.4, 0.5) is 10.1 Å². The Bertz CT molecular complexity index is 1090. The molecule has 6 nitrogen and oxygen atoms in total. The van der Waals surface area contributed by atoms with Crippen molar-refractivity contribution in [3.8, 4) is 0 Å². The van der Waals surface area contributed by atoms with Crippen LogP contribution >= 0.6 is 0 Å². The second-order valence-electron chi connectivity index (χ2n) is 7.39. The van der Waals surface area contributed by atoms with E-state index >= 15 is 0 Å². The lowest BCUT2D eigenvalue weighted by molar-refractivity contribution is -0.121. The number of fused-ring (bicyclic) bond motifs is 1. The van der Waals surface area contributed by atoms with Crippen molar-refractivity contribution in [3.05, 3.63) is 71.9 Å². The van der Waals surface area contributed by atoms with Gasteiger partial charge in [0.05, 0.1) is 16.7 Å². The summed E-state index contributed by atoms with van der Waals surface area (Å²) in [6.45, 7) is 1.34. The Labute approximate surface area is 166 Å². The van der Waals surface area contributed by atoms with Gasteiger partial charge in [0.2, 0.25) is 0 Å². The van der Waals surface area contributed by atoms with Crippen LogP contribution in [0.5, 0.6) is 0 Å². The number of benzene rings is 2. The number of nitrogens with one attached hydrogen (secondary N) is 1. The molecule has 1 fully saturated rings. The van der Waals surface area contributed by atoms with Crippen molar-refractivity contribution < 1.29 is 14.0 Å². The molecule has 1 saturated heterocycles. The van der Waals surface area contributed by atoms with Crippen molar-refractivity contribution in [1.82, 2.24) is 14.9 Å². The number of carbonyl (C=O) groups is 2. The number of aromatic amines is 1. The largest absolute Gasteiger partial charge is 0.367 e. The fraction of sp³-hybridized carbons (Fsp3) is 0.227. The number of para-hydroxylation sites is 2. The second-order valence-corrected chi connectivity index (χ2v) is 7.39. The molecule has 5 rings (SSSR count). The number of hydrogen-bond donors (Lipinski definition) is 1. The summed E-state index contributed by atoms with van der Waals surface area (Å²) in [5.41, 5.74) is 2.77. The molecule has 0 radical (unpaired) electrons. The number of H-pyrrole nitrogens is 1. The summed E-state index contributed by atoms with van der Waals surface area (Å²) in [5.74, 6) is 0.106. The lowest BCUT2D eigenvalue weighted by atomic mass is 9.96. The van der Waals surface area contributed by atoms with Gasteiger partial charge in [-0.1, -0.05) is 12.1 Å². The molecule has 146 valence electrons. The topological polar surface area (TPSA) is 69.3 Å². The molecule has 3 heterocycles. The molecule has 0 saturated carbocycles. The number of imide groups is 1. The highest BCUT2D eigenvalue weighted by atomic mass is 19.1. The Morgan fingerprint density at radius 1 is 1.00 bits per heavy atom. The zero-order chi connectivity index (χ0) is 20.0. The predicted molar refractivity (Wildman–Crippen MR) is 107 cm³/mol. The van der Waals surface area contributed by atoms with Crippen LogP contribution in [-0.4, -0.2) is 39.8 Å². The summed E-state index contributed by atoms with van der Waals surface area (Å²) in [6, 6.07) is 13.3. The first kappa shape index (κ1) is 17.6. The van der Waals surface area contributed by atoms with E-state index in [0.29, 0.717) is 30.4 Å². The normalized spacial score (nSPS) is 18.0. The maximum Gasteiger partial charge on any atom is 0.281 e. The molecule has 2 aliphatic rings. The highest BCUT2D eigenvalue weighted by Crippen LogP contribution is 2.32. The first-order chi connectivity index (χ1) is 14.1. The fourth-order valence-electron chi connectivity index (χ4n) is 4.08. The van der Waals surface area contributed by atoms with E-state index in [-0.39, 0.29) is 5.91 Å². The van der Waals surface area contributed by atoms with Gasteiger partial charge in [0.1, 0.15) is 17.3 Å². The predicted octanol–water partition coefficient (Wildman–Crippen LogP) is 3.34. The van der Waals surface area contributed by atoms with Crippen LogP contribution in [-0.2, 0) is 9.59 Å². The van der Waals surface area contributed by atoms with Gasteiger partial charge < -0.3 is 9.88 Å². The Balaban J connectivity index is 1.29. The number of nitrogens with zero attached hydrogens (tertiary/aromatic N) is 3. The quantitative estimate of drug-likeness (QED) is 0.697. The smallest absolute Gasteiger partial charge is 0.281 e. The average molecular weight is 390 g/mol. The number of rotatable bonds is 3. The van der Waals surface area contributed by atoms with Gasteiger partial charge in [0.25, 0.3) is 11.8 Å². The zero-order valence-corrected chi connectivity index (χ0v) is 15.6. The summed E-state index contributed by atoms with van der Waals surface area (Å²) >= 11 is 0. The maximum absolute atomic E-state index is 13.2. The van der Waals surface area contributed by atoms with Crippen molar-refractivity contribution in [2.24, 2.45) is 0 Å². The van der Waals surface area contributed by atoms with E-state index in [2.05, 4.69) is 4.98 Å². The molecule has 2 amide bonds. The van der Waals surface area contributed by atoms with Gasteiger partial charge in [-0.05, 0) is 49.2 Å². The molecule has 0 bridgehead atoms. The van der Waals surface area contributed by atoms with E-state index in [1.807, 2.05) is 29.2 Å². The summed E-state index contributed by atoms with van der Waals surface area (Å²) in [6.07, 6.45) is 3.07. The molecule has 29 heavy (non-hydrogen) atoms. The fourth-order valence-corrected chi connectivity index (χ4v) is 4.08. The third-order valence-corrected chi connectivity index (χ3v) is 5.62. The Morgan fingerprint density at radius 2 is 1.72 bits per heavy atom. The molecule has 7 heteroatoms. The summed E-state index contributed by atoms with van der Waals surface area (Å²) in [5, 5.41) is 0. The molecule has 1 N–H and O–H groups in total. The van der Waals surface area contributed by atoms with Crippen molar-refractivity contribution in [3.63, 3.8) is 0 Å². The molecular formula is C22H19FN4O2. The number of amides is 2. The van der Waals surface area contributed by atoms with Crippen molar-refractivity contribution in [2.45, 2.75) is 18.8 Å². The highest BCUT2D eigenvalue weighted by Gasteiger charge is 2.37. The SMILES string of the molecule is O=C1C=C(N2CCC(c3nc4ccccc4[nH]3)CC2)C(=O)N1c1ccc(F)cc1. The number of carbonyl (C=O) groups excluding carboxylic acids is 2. The van der Waals surface area contributed by atoms with Crippen LogP contribution in [0, 0.1) is 5.82 Å². The van der Waals surface area contributed by atoms with Crippen LogP contribution in [0.3, 0.4) is 0 Å². The van der Waals surface area contributed by atoms with Gasteiger partial charge in [0.15, 0.2) is 0 Å². The maximum atomic E-state index is 13.2. The molecule has 0 unspecified atom stereocenters. The number of imidazole rings is 1.